The molecule has 22 heavy (non-hydrogen) atoms. The maximum absolute atomic E-state index is 12.1. The highest BCUT2D eigenvalue weighted by molar-refractivity contribution is 5.91. The zero-order chi connectivity index (χ0) is 15.2. The minimum absolute atomic E-state index is 0.0870. The number of nitrogens with one attached hydrogen (secondary N) is 2. The molecule has 2 aliphatic rings. The largest absolute Gasteiger partial charge is 0.351 e. The van der Waals surface area contributed by atoms with Gasteiger partial charge >= 0.3 is 0 Å². The summed E-state index contributed by atoms with van der Waals surface area (Å²) >= 11 is 0. The molecule has 1 aliphatic heterocycles. The smallest absolute Gasteiger partial charge is 0.273 e. The lowest BCUT2D eigenvalue weighted by atomic mass is 9.87. The van der Waals surface area contributed by atoms with Crippen molar-refractivity contribution in [3.63, 3.8) is 0 Å². The van der Waals surface area contributed by atoms with Gasteiger partial charge in [-0.05, 0) is 38.3 Å². The van der Waals surface area contributed by atoms with Gasteiger partial charge in [-0.3, -0.25) is 4.79 Å². The summed E-state index contributed by atoms with van der Waals surface area (Å²) in [5.74, 6) is 0.704. The first kappa shape index (κ1) is 15.5. The SMILES string of the molecule is O=C(NCCC1CCCCC1)c1cn(C2CCNCC2)nn1. The van der Waals surface area contributed by atoms with Crippen LogP contribution in [0.5, 0.6) is 0 Å². The normalized spacial score (nSPS) is 20.9. The molecule has 1 aliphatic carbocycles. The van der Waals surface area contributed by atoms with E-state index in [-0.39, 0.29) is 5.91 Å². The Morgan fingerprint density at radius 3 is 2.77 bits per heavy atom. The maximum atomic E-state index is 12.1. The van der Waals surface area contributed by atoms with Gasteiger partial charge in [0.05, 0.1) is 12.2 Å². The molecule has 1 amide bonds. The number of carbonyl (C=O) groups is 1. The van der Waals surface area contributed by atoms with Crippen LogP contribution in [0, 0.1) is 5.92 Å². The molecule has 2 heterocycles. The molecule has 0 aromatic carbocycles. The van der Waals surface area contributed by atoms with Crippen LogP contribution in [-0.2, 0) is 0 Å². The fourth-order valence-electron chi connectivity index (χ4n) is 3.59. The van der Waals surface area contributed by atoms with Gasteiger partial charge in [0.25, 0.3) is 5.91 Å². The van der Waals surface area contributed by atoms with Crippen LogP contribution in [0.1, 0.15) is 67.9 Å². The summed E-state index contributed by atoms with van der Waals surface area (Å²) in [5.41, 5.74) is 0.446. The molecular formula is C16H27N5O. The van der Waals surface area contributed by atoms with Crippen LogP contribution in [0.4, 0.5) is 0 Å². The number of hydrogen-bond acceptors (Lipinski definition) is 4. The first-order valence-electron chi connectivity index (χ1n) is 8.73. The van der Waals surface area contributed by atoms with E-state index in [0.29, 0.717) is 11.7 Å². The van der Waals surface area contributed by atoms with Crippen LogP contribution >= 0.6 is 0 Å². The summed E-state index contributed by atoms with van der Waals surface area (Å²) in [6.07, 6.45) is 11.7. The minimum atomic E-state index is -0.0870. The van der Waals surface area contributed by atoms with Crippen molar-refractivity contribution in [2.45, 2.75) is 57.4 Å². The highest BCUT2D eigenvalue weighted by Gasteiger charge is 2.19. The fraction of sp³-hybridized carbons (Fsp3) is 0.812. The monoisotopic (exact) mass is 305 g/mol. The van der Waals surface area contributed by atoms with Gasteiger partial charge in [-0.2, -0.15) is 0 Å². The molecule has 2 fully saturated rings. The Hall–Kier alpha value is -1.43. The van der Waals surface area contributed by atoms with Crippen molar-refractivity contribution in [2.24, 2.45) is 5.92 Å². The molecule has 6 heteroatoms. The molecule has 1 aromatic rings. The van der Waals surface area contributed by atoms with E-state index in [9.17, 15) is 4.79 Å². The third-order valence-corrected chi connectivity index (χ3v) is 4.99. The number of amides is 1. The van der Waals surface area contributed by atoms with Crippen molar-refractivity contribution in [2.75, 3.05) is 19.6 Å². The summed E-state index contributed by atoms with van der Waals surface area (Å²) in [7, 11) is 0. The lowest BCUT2D eigenvalue weighted by molar-refractivity contribution is 0.0945. The van der Waals surface area contributed by atoms with E-state index in [1.807, 2.05) is 4.68 Å². The maximum Gasteiger partial charge on any atom is 0.273 e. The number of rotatable bonds is 5. The average molecular weight is 305 g/mol. The van der Waals surface area contributed by atoms with Crippen molar-refractivity contribution in [3.05, 3.63) is 11.9 Å². The predicted molar refractivity (Wildman–Crippen MR) is 84.7 cm³/mol. The quantitative estimate of drug-likeness (QED) is 0.871. The molecule has 2 N–H and O–H groups in total. The number of carbonyl (C=O) groups excluding carboxylic acids is 1. The Morgan fingerprint density at radius 2 is 2.00 bits per heavy atom. The van der Waals surface area contributed by atoms with E-state index >= 15 is 0 Å². The third-order valence-electron chi connectivity index (χ3n) is 4.99. The number of nitrogens with zero attached hydrogens (tertiary/aromatic N) is 3. The van der Waals surface area contributed by atoms with Crippen molar-refractivity contribution < 1.29 is 4.79 Å². The standard InChI is InChI=1S/C16H27N5O/c22-16(18-11-6-13-4-2-1-3-5-13)15-12-21(20-19-15)14-7-9-17-10-8-14/h12-14,17H,1-11H2,(H,18,22). The topological polar surface area (TPSA) is 71.8 Å². The summed E-state index contributed by atoms with van der Waals surface area (Å²) < 4.78 is 1.86. The van der Waals surface area contributed by atoms with Gasteiger partial charge in [-0.25, -0.2) is 4.68 Å². The van der Waals surface area contributed by atoms with Gasteiger partial charge in [0.1, 0.15) is 0 Å². The van der Waals surface area contributed by atoms with Crippen LogP contribution in [-0.4, -0.2) is 40.5 Å². The molecular weight excluding hydrogens is 278 g/mol. The van der Waals surface area contributed by atoms with Crippen molar-refractivity contribution in [1.29, 1.82) is 0 Å². The predicted octanol–water partition coefficient (Wildman–Crippen LogP) is 1.90. The lowest BCUT2D eigenvalue weighted by Crippen LogP contribution is -2.29. The fourth-order valence-corrected chi connectivity index (χ4v) is 3.59. The van der Waals surface area contributed by atoms with E-state index in [4.69, 9.17) is 0 Å². The Balaban J connectivity index is 1.44. The molecule has 0 spiro atoms. The van der Waals surface area contributed by atoms with Crippen LogP contribution in [0.25, 0.3) is 0 Å². The van der Waals surface area contributed by atoms with Gasteiger partial charge in [-0.1, -0.05) is 37.3 Å². The zero-order valence-corrected chi connectivity index (χ0v) is 13.3. The highest BCUT2D eigenvalue weighted by Crippen LogP contribution is 2.25. The summed E-state index contributed by atoms with van der Waals surface area (Å²) in [6.45, 7) is 2.77. The van der Waals surface area contributed by atoms with E-state index in [2.05, 4.69) is 20.9 Å². The highest BCUT2D eigenvalue weighted by atomic mass is 16.2. The van der Waals surface area contributed by atoms with Crippen LogP contribution in [0.15, 0.2) is 6.20 Å². The van der Waals surface area contributed by atoms with Gasteiger partial charge in [-0.15, -0.1) is 5.10 Å². The Labute approximate surface area is 132 Å². The van der Waals surface area contributed by atoms with Crippen molar-refractivity contribution >= 4 is 5.91 Å². The number of hydrogen-bond donors (Lipinski definition) is 2. The molecule has 1 saturated carbocycles. The molecule has 0 bridgehead atoms. The van der Waals surface area contributed by atoms with Crippen LogP contribution in [0.3, 0.4) is 0 Å². The summed E-state index contributed by atoms with van der Waals surface area (Å²) in [6, 6.07) is 0.373. The van der Waals surface area contributed by atoms with E-state index in [1.165, 1.54) is 32.1 Å². The molecule has 0 atom stereocenters. The lowest BCUT2D eigenvalue weighted by Gasteiger charge is -2.22. The Morgan fingerprint density at radius 1 is 1.23 bits per heavy atom. The average Bonchev–Trinajstić information content (AvgIpc) is 3.07. The summed E-state index contributed by atoms with van der Waals surface area (Å²) in [4.78, 5) is 12.1. The first-order valence-corrected chi connectivity index (χ1v) is 8.73. The Kier molecular flexibility index (Phi) is 5.43. The second-order valence-corrected chi connectivity index (χ2v) is 6.61. The molecule has 1 aromatic heterocycles. The second kappa shape index (κ2) is 7.72. The number of aromatic nitrogens is 3. The van der Waals surface area contributed by atoms with Crippen molar-refractivity contribution in [1.82, 2.24) is 25.6 Å². The zero-order valence-electron chi connectivity index (χ0n) is 13.3. The van der Waals surface area contributed by atoms with Gasteiger partial charge in [0.15, 0.2) is 5.69 Å². The Bertz CT molecular complexity index is 475. The van der Waals surface area contributed by atoms with Gasteiger partial charge < -0.3 is 10.6 Å². The third kappa shape index (κ3) is 4.06. The minimum Gasteiger partial charge on any atom is -0.351 e. The molecule has 6 nitrogen and oxygen atoms in total. The van der Waals surface area contributed by atoms with Crippen LogP contribution < -0.4 is 10.6 Å². The van der Waals surface area contributed by atoms with Crippen LogP contribution in [0.2, 0.25) is 0 Å². The van der Waals surface area contributed by atoms with E-state index < -0.39 is 0 Å². The molecule has 3 rings (SSSR count). The molecule has 0 radical (unpaired) electrons. The van der Waals surface area contributed by atoms with Gasteiger partial charge in [0, 0.05) is 6.54 Å². The number of piperidine rings is 1. The molecule has 1 saturated heterocycles. The first-order chi connectivity index (χ1) is 10.8. The second-order valence-electron chi connectivity index (χ2n) is 6.61. The molecule has 0 unspecified atom stereocenters. The van der Waals surface area contributed by atoms with E-state index in [0.717, 1.165) is 44.8 Å². The summed E-state index contributed by atoms with van der Waals surface area (Å²) in [5, 5.41) is 14.5. The van der Waals surface area contributed by atoms with Crippen molar-refractivity contribution in [3.8, 4) is 0 Å². The molecule has 122 valence electrons. The van der Waals surface area contributed by atoms with E-state index in [1.54, 1.807) is 6.20 Å². The van der Waals surface area contributed by atoms with Gasteiger partial charge in [0.2, 0.25) is 0 Å².